The van der Waals surface area contributed by atoms with Crippen molar-refractivity contribution < 1.29 is 14.3 Å². The van der Waals surface area contributed by atoms with E-state index in [4.69, 9.17) is 4.74 Å². The molecule has 1 unspecified atom stereocenters. The molecule has 1 aliphatic rings. The monoisotopic (exact) mass is 185 g/mol. The molecule has 0 aliphatic carbocycles. The second-order valence-electron chi connectivity index (χ2n) is 4.25. The standard InChI is InChI=1S/C9H15NO3/c1-9(2,3)10-7(11)6-4-5-13-8(6)12/h6H,4-5H2,1-3H3,(H,10,11). The number of ether oxygens (including phenoxy) is 1. The zero-order valence-electron chi connectivity index (χ0n) is 8.22. The van der Waals surface area contributed by atoms with Gasteiger partial charge in [-0.15, -0.1) is 0 Å². The van der Waals surface area contributed by atoms with Crippen LogP contribution in [-0.2, 0) is 14.3 Å². The van der Waals surface area contributed by atoms with Crippen LogP contribution in [0.25, 0.3) is 0 Å². The summed E-state index contributed by atoms with van der Waals surface area (Å²) in [5, 5.41) is 2.75. The minimum Gasteiger partial charge on any atom is -0.465 e. The van der Waals surface area contributed by atoms with Crippen molar-refractivity contribution in [3.05, 3.63) is 0 Å². The van der Waals surface area contributed by atoms with Gasteiger partial charge in [-0.1, -0.05) is 0 Å². The van der Waals surface area contributed by atoms with Crippen LogP contribution in [-0.4, -0.2) is 24.0 Å². The van der Waals surface area contributed by atoms with Gasteiger partial charge in [-0.2, -0.15) is 0 Å². The molecule has 0 saturated carbocycles. The third-order valence-electron chi connectivity index (χ3n) is 1.75. The van der Waals surface area contributed by atoms with E-state index in [-0.39, 0.29) is 11.4 Å². The Morgan fingerprint density at radius 3 is 2.54 bits per heavy atom. The molecule has 0 radical (unpaired) electrons. The molecule has 1 atom stereocenters. The number of rotatable bonds is 1. The lowest BCUT2D eigenvalue weighted by molar-refractivity contribution is -0.145. The Kier molecular flexibility index (Phi) is 2.59. The normalized spacial score (nSPS) is 22.7. The van der Waals surface area contributed by atoms with Crippen LogP contribution in [0.15, 0.2) is 0 Å². The van der Waals surface area contributed by atoms with Gasteiger partial charge in [0.05, 0.1) is 6.61 Å². The maximum absolute atomic E-state index is 11.5. The lowest BCUT2D eigenvalue weighted by atomic mass is 10.0. The molecular formula is C9H15NO3. The molecule has 74 valence electrons. The summed E-state index contributed by atoms with van der Waals surface area (Å²) in [5.74, 6) is -1.23. The Morgan fingerprint density at radius 2 is 2.15 bits per heavy atom. The predicted molar refractivity (Wildman–Crippen MR) is 47.0 cm³/mol. The first-order valence-electron chi connectivity index (χ1n) is 4.39. The maximum atomic E-state index is 11.5. The zero-order chi connectivity index (χ0) is 10.1. The first-order chi connectivity index (χ1) is 5.90. The van der Waals surface area contributed by atoms with Crippen LogP contribution in [0.3, 0.4) is 0 Å². The smallest absolute Gasteiger partial charge is 0.318 e. The molecule has 0 spiro atoms. The van der Waals surface area contributed by atoms with Gasteiger partial charge in [-0.3, -0.25) is 9.59 Å². The SMILES string of the molecule is CC(C)(C)NC(=O)C1CCOC1=O. The van der Waals surface area contributed by atoms with E-state index < -0.39 is 11.9 Å². The summed E-state index contributed by atoms with van der Waals surface area (Å²) < 4.78 is 4.70. The van der Waals surface area contributed by atoms with Crippen molar-refractivity contribution in [2.24, 2.45) is 5.92 Å². The molecule has 0 bridgehead atoms. The maximum Gasteiger partial charge on any atom is 0.318 e. The number of esters is 1. The fourth-order valence-electron chi connectivity index (χ4n) is 1.19. The van der Waals surface area contributed by atoms with Gasteiger partial charge in [-0.05, 0) is 20.8 Å². The zero-order valence-corrected chi connectivity index (χ0v) is 8.22. The van der Waals surface area contributed by atoms with Gasteiger partial charge < -0.3 is 10.1 Å². The van der Waals surface area contributed by atoms with Crippen molar-refractivity contribution >= 4 is 11.9 Å². The summed E-state index contributed by atoms with van der Waals surface area (Å²) in [6.45, 7) is 6.00. The van der Waals surface area contributed by atoms with Gasteiger partial charge in [0.15, 0.2) is 0 Å². The van der Waals surface area contributed by atoms with Crippen LogP contribution in [0.2, 0.25) is 0 Å². The average Bonchev–Trinajstić information content (AvgIpc) is 2.30. The van der Waals surface area contributed by atoms with E-state index in [1.807, 2.05) is 20.8 Å². The van der Waals surface area contributed by atoms with E-state index >= 15 is 0 Å². The second kappa shape index (κ2) is 3.36. The van der Waals surface area contributed by atoms with E-state index in [0.717, 1.165) is 0 Å². The first-order valence-corrected chi connectivity index (χ1v) is 4.39. The van der Waals surface area contributed by atoms with E-state index in [9.17, 15) is 9.59 Å². The summed E-state index contributed by atoms with van der Waals surface area (Å²) >= 11 is 0. The Labute approximate surface area is 77.6 Å². The predicted octanol–water partition coefficient (Wildman–Crippen LogP) is 0.464. The number of amides is 1. The molecule has 0 aromatic carbocycles. The fourth-order valence-corrected chi connectivity index (χ4v) is 1.19. The van der Waals surface area contributed by atoms with Gasteiger partial charge in [0, 0.05) is 12.0 Å². The fraction of sp³-hybridized carbons (Fsp3) is 0.778. The highest BCUT2D eigenvalue weighted by Crippen LogP contribution is 2.15. The number of carbonyl (C=O) groups is 2. The molecule has 0 aromatic heterocycles. The van der Waals surface area contributed by atoms with Gasteiger partial charge in [-0.25, -0.2) is 0 Å². The van der Waals surface area contributed by atoms with Gasteiger partial charge >= 0.3 is 5.97 Å². The van der Waals surface area contributed by atoms with E-state index in [1.54, 1.807) is 0 Å². The summed E-state index contributed by atoms with van der Waals surface area (Å²) in [5.41, 5.74) is -0.292. The molecule has 1 saturated heterocycles. The summed E-state index contributed by atoms with van der Waals surface area (Å²) in [4.78, 5) is 22.5. The molecule has 4 heteroatoms. The third kappa shape index (κ3) is 2.72. The van der Waals surface area contributed by atoms with Gasteiger partial charge in [0.2, 0.25) is 5.91 Å². The second-order valence-corrected chi connectivity index (χ2v) is 4.25. The quantitative estimate of drug-likeness (QED) is 0.477. The van der Waals surface area contributed by atoms with Crippen LogP contribution in [0.5, 0.6) is 0 Å². The van der Waals surface area contributed by atoms with Crippen molar-refractivity contribution in [1.82, 2.24) is 5.32 Å². The Bertz CT molecular complexity index is 230. The van der Waals surface area contributed by atoms with Crippen LogP contribution in [0, 0.1) is 5.92 Å². The molecule has 1 rings (SSSR count). The summed E-state index contributed by atoms with van der Waals surface area (Å²) in [6, 6.07) is 0. The largest absolute Gasteiger partial charge is 0.465 e. The van der Waals surface area contributed by atoms with Crippen molar-refractivity contribution in [3.8, 4) is 0 Å². The molecule has 0 aromatic rings. The lowest BCUT2D eigenvalue weighted by Gasteiger charge is -2.21. The molecule has 4 nitrogen and oxygen atoms in total. The van der Waals surface area contributed by atoms with Crippen molar-refractivity contribution in [2.75, 3.05) is 6.61 Å². The number of carbonyl (C=O) groups excluding carboxylic acids is 2. The number of hydrogen-bond acceptors (Lipinski definition) is 3. The van der Waals surface area contributed by atoms with E-state index in [1.165, 1.54) is 0 Å². The molecule has 1 aliphatic heterocycles. The highest BCUT2D eigenvalue weighted by molar-refractivity contribution is 5.98. The van der Waals surface area contributed by atoms with E-state index in [2.05, 4.69) is 5.32 Å². The van der Waals surface area contributed by atoms with Gasteiger partial charge in [0.25, 0.3) is 0 Å². The Hall–Kier alpha value is -1.06. The number of cyclic esters (lactones) is 1. The molecule has 13 heavy (non-hydrogen) atoms. The highest BCUT2D eigenvalue weighted by Gasteiger charge is 2.34. The molecule has 1 amide bonds. The van der Waals surface area contributed by atoms with Crippen LogP contribution >= 0.6 is 0 Å². The highest BCUT2D eigenvalue weighted by atomic mass is 16.5. The minimum atomic E-state index is -0.598. The first kappa shape index (κ1) is 10.0. The van der Waals surface area contributed by atoms with Crippen molar-refractivity contribution in [3.63, 3.8) is 0 Å². The average molecular weight is 185 g/mol. The molecule has 1 fully saturated rings. The number of hydrogen-bond donors (Lipinski definition) is 1. The molecular weight excluding hydrogens is 170 g/mol. The van der Waals surface area contributed by atoms with Crippen molar-refractivity contribution in [2.45, 2.75) is 32.7 Å². The van der Waals surface area contributed by atoms with Gasteiger partial charge in [0.1, 0.15) is 5.92 Å². The number of nitrogens with one attached hydrogen (secondary N) is 1. The van der Waals surface area contributed by atoms with Crippen LogP contribution in [0.1, 0.15) is 27.2 Å². The van der Waals surface area contributed by atoms with Crippen molar-refractivity contribution in [1.29, 1.82) is 0 Å². The summed E-state index contributed by atoms with van der Waals surface area (Å²) in [6.07, 6.45) is 0.501. The van der Waals surface area contributed by atoms with Crippen LogP contribution < -0.4 is 5.32 Å². The minimum absolute atomic E-state index is 0.227. The van der Waals surface area contributed by atoms with Crippen LogP contribution in [0.4, 0.5) is 0 Å². The Balaban J connectivity index is 2.53. The summed E-state index contributed by atoms with van der Waals surface area (Å²) in [7, 11) is 0. The lowest BCUT2D eigenvalue weighted by Crippen LogP contribution is -2.44. The topological polar surface area (TPSA) is 55.4 Å². The van der Waals surface area contributed by atoms with E-state index in [0.29, 0.717) is 13.0 Å². The molecule has 1 heterocycles. The third-order valence-corrected chi connectivity index (χ3v) is 1.75. The Morgan fingerprint density at radius 1 is 1.54 bits per heavy atom. The molecule has 1 N–H and O–H groups in total.